The number of nitrogens with two attached hydrogens (primary N) is 1. The third kappa shape index (κ3) is 2.98. The van der Waals surface area contributed by atoms with Gasteiger partial charge in [0.1, 0.15) is 5.82 Å². The Hall–Kier alpha value is -2.12. The average molecular weight is 301 g/mol. The van der Waals surface area contributed by atoms with Crippen molar-refractivity contribution in [2.24, 2.45) is 12.8 Å². The van der Waals surface area contributed by atoms with Gasteiger partial charge in [-0.25, -0.2) is 4.98 Å². The Labute approximate surface area is 126 Å². The second-order valence-electron chi connectivity index (χ2n) is 4.43. The van der Waals surface area contributed by atoms with Crippen LogP contribution in [-0.2, 0) is 19.3 Å². The molecule has 3 aromatic rings. The number of aromatic nitrogens is 4. The maximum Gasteiger partial charge on any atom is 0.205 e. The fourth-order valence-electron chi connectivity index (χ4n) is 1.89. The Balaban J connectivity index is 1.69. The molecule has 2 heterocycles. The van der Waals surface area contributed by atoms with Crippen LogP contribution in [0.4, 0.5) is 0 Å². The van der Waals surface area contributed by atoms with Gasteiger partial charge in [-0.3, -0.25) is 0 Å². The minimum absolute atomic E-state index is 0.376. The van der Waals surface area contributed by atoms with Gasteiger partial charge in [-0.05, 0) is 0 Å². The molecule has 0 aliphatic carbocycles. The summed E-state index contributed by atoms with van der Waals surface area (Å²) >= 11 is 1.52. The second kappa shape index (κ2) is 6.11. The fraction of sp³-hybridized carbons (Fsp3) is 0.214. The van der Waals surface area contributed by atoms with Crippen molar-refractivity contribution in [2.75, 3.05) is 0 Å². The number of benzene rings is 1. The summed E-state index contributed by atoms with van der Waals surface area (Å²) in [5.41, 5.74) is 6.59. The standard InChI is InChI=1S/C14H15N5OS/c1-19-12(7-15)17-18-14(19)21-9-13-16-8-11(20-13)10-5-3-2-4-6-10/h2-6,8H,7,9,15H2,1H3. The third-order valence-electron chi connectivity index (χ3n) is 3.04. The second-order valence-corrected chi connectivity index (χ2v) is 5.38. The van der Waals surface area contributed by atoms with Crippen molar-refractivity contribution in [2.45, 2.75) is 17.5 Å². The summed E-state index contributed by atoms with van der Waals surface area (Å²) in [7, 11) is 1.90. The predicted molar refractivity (Wildman–Crippen MR) is 80.4 cm³/mol. The topological polar surface area (TPSA) is 82.8 Å². The van der Waals surface area contributed by atoms with E-state index in [2.05, 4.69) is 15.2 Å². The maximum atomic E-state index is 5.75. The lowest BCUT2D eigenvalue weighted by Gasteiger charge is -2.00. The number of nitrogens with zero attached hydrogens (tertiary/aromatic N) is 4. The third-order valence-corrected chi connectivity index (χ3v) is 4.05. The smallest absolute Gasteiger partial charge is 0.205 e. The van der Waals surface area contributed by atoms with E-state index in [4.69, 9.17) is 10.2 Å². The highest BCUT2D eigenvalue weighted by Gasteiger charge is 2.11. The summed E-state index contributed by atoms with van der Waals surface area (Å²) < 4.78 is 7.63. The Morgan fingerprint density at radius 3 is 2.76 bits per heavy atom. The maximum absolute atomic E-state index is 5.75. The molecule has 0 fully saturated rings. The van der Waals surface area contributed by atoms with Gasteiger partial charge in [0.2, 0.25) is 5.89 Å². The van der Waals surface area contributed by atoms with Crippen LogP contribution in [0.2, 0.25) is 0 Å². The largest absolute Gasteiger partial charge is 0.440 e. The zero-order valence-corrected chi connectivity index (χ0v) is 12.4. The van der Waals surface area contributed by atoms with Gasteiger partial charge in [-0.15, -0.1) is 10.2 Å². The van der Waals surface area contributed by atoms with E-state index in [0.717, 1.165) is 22.3 Å². The first-order valence-electron chi connectivity index (χ1n) is 6.49. The first kappa shape index (κ1) is 13.8. The molecule has 1 aromatic carbocycles. The van der Waals surface area contributed by atoms with Crippen LogP contribution in [-0.4, -0.2) is 19.7 Å². The number of thioether (sulfide) groups is 1. The molecule has 7 heteroatoms. The van der Waals surface area contributed by atoms with Crippen LogP contribution in [0.15, 0.2) is 46.1 Å². The van der Waals surface area contributed by atoms with Gasteiger partial charge < -0.3 is 14.7 Å². The lowest BCUT2D eigenvalue weighted by molar-refractivity contribution is 0.529. The van der Waals surface area contributed by atoms with Gasteiger partial charge in [0.05, 0.1) is 18.5 Å². The van der Waals surface area contributed by atoms with E-state index in [1.165, 1.54) is 11.8 Å². The lowest BCUT2D eigenvalue weighted by Crippen LogP contribution is -2.05. The van der Waals surface area contributed by atoms with Crippen LogP contribution in [0, 0.1) is 0 Å². The average Bonchev–Trinajstić information content (AvgIpc) is 3.13. The minimum Gasteiger partial charge on any atom is -0.440 e. The van der Waals surface area contributed by atoms with Gasteiger partial charge in [0.15, 0.2) is 10.9 Å². The van der Waals surface area contributed by atoms with E-state index in [0.29, 0.717) is 18.2 Å². The molecule has 108 valence electrons. The van der Waals surface area contributed by atoms with Crippen molar-refractivity contribution in [1.29, 1.82) is 0 Å². The molecule has 0 aliphatic heterocycles. The lowest BCUT2D eigenvalue weighted by atomic mass is 10.2. The number of hydrogen-bond acceptors (Lipinski definition) is 6. The van der Waals surface area contributed by atoms with Crippen LogP contribution in [0.25, 0.3) is 11.3 Å². The molecule has 0 bridgehead atoms. The van der Waals surface area contributed by atoms with Crippen LogP contribution < -0.4 is 5.73 Å². The van der Waals surface area contributed by atoms with Gasteiger partial charge in [0.25, 0.3) is 0 Å². The van der Waals surface area contributed by atoms with Crippen molar-refractivity contribution in [3.05, 3.63) is 48.2 Å². The Kier molecular flexibility index (Phi) is 4.03. The quantitative estimate of drug-likeness (QED) is 0.728. The minimum atomic E-state index is 0.376. The van der Waals surface area contributed by atoms with Gasteiger partial charge in [0, 0.05) is 12.6 Å². The Morgan fingerprint density at radius 2 is 2.05 bits per heavy atom. The monoisotopic (exact) mass is 301 g/mol. The summed E-state index contributed by atoms with van der Waals surface area (Å²) in [6.07, 6.45) is 1.74. The molecule has 0 saturated carbocycles. The predicted octanol–water partition coefficient (Wildman–Crippen LogP) is 2.22. The number of oxazole rings is 1. The molecule has 0 atom stereocenters. The Morgan fingerprint density at radius 1 is 1.24 bits per heavy atom. The summed E-state index contributed by atoms with van der Waals surface area (Å²) in [4.78, 5) is 4.29. The molecule has 0 aliphatic rings. The summed E-state index contributed by atoms with van der Waals surface area (Å²) in [6, 6.07) is 9.90. The molecular formula is C14H15N5OS. The van der Waals surface area contributed by atoms with Gasteiger partial charge >= 0.3 is 0 Å². The highest BCUT2D eigenvalue weighted by Crippen LogP contribution is 2.24. The van der Waals surface area contributed by atoms with E-state index < -0.39 is 0 Å². The first-order chi connectivity index (χ1) is 10.3. The SMILES string of the molecule is Cn1c(CN)nnc1SCc1ncc(-c2ccccc2)o1. The van der Waals surface area contributed by atoms with Crippen LogP contribution in [0.1, 0.15) is 11.7 Å². The first-order valence-corrected chi connectivity index (χ1v) is 7.47. The van der Waals surface area contributed by atoms with Crippen molar-refractivity contribution in [3.63, 3.8) is 0 Å². The molecule has 2 N–H and O–H groups in total. The van der Waals surface area contributed by atoms with Crippen molar-refractivity contribution in [1.82, 2.24) is 19.7 Å². The van der Waals surface area contributed by atoms with Crippen molar-refractivity contribution < 1.29 is 4.42 Å². The molecule has 2 aromatic heterocycles. The van der Waals surface area contributed by atoms with E-state index in [1.54, 1.807) is 6.20 Å². The summed E-state index contributed by atoms with van der Waals surface area (Å²) in [6.45, 7) is 0.376. The fourth-order valence-corrected chi connectivity index (χ4v) is 2.67. The molecule has 21 heavy (non-hydrogen) atoms. The van der Waals surface area contributed by atoms with Crippen LogP contribution in [0.5, 0.6) is 0 Å². The number of hydrogen-bond donors (Lipinski definition) is 1. The zero-order valence-electron chi connectivity index (χ0n) is 11.6. The van der Waals surface area contributed by atoms with E-state index in [1.807, 2.05) is 41.9 Å². The zero-order chi connectivity index (χ0) is 14.7. The molecule has 3 rings (SSSR count). The molecule has 0 saturated heterocycles. The molecule has 0 amide bonds. The van der Waals surface area contributed by atoms with Gasteiger partial charge in [-0.1, -0.05) is 42.1 Å². The van der Waals surface area contributed by atoms with E-state index in [-0.39, 0.29) is 0 Å². The normalized spacial score (nSPS) is 11.0. The summed E-state index contributed by atoms with van der Waals surface area (Å²) in [5.74, 6) is 2.79. The highest BCUT2D eigenvalue weighted by molar-refractivity contribution is 7.98. The van der Waals surface area contributed by atoms with E-state index >= 15 is 0 Å². The highest BCUT2D eigenvalue weighted by atomic mass is 32.2. The molecule has 6 nitrogen and oxygen atoms in total. The van der Waals surface area contributed by atoms with Crippen LogP contribution in [0.3, 0.4) is 0 Å². The van der Waals surface area contributed by atoms with Gasteiger partial charge in [-0.2, -0.15) is 0 Å². The van der Waals surface area contributed by atoms with Crippen molar-refractivity contribution in [3.8, 4) is 11.3 Å². The molecule has 0 radical (unpaired) electrons. The number of rotatable bonds is 5. The molecule has 0 spiro atoms. The van der Waals surface area contributed by atoms with E-state index in [9.17, 15) is 0 Å². The molecular weight excluding hydrogens is 286 g/mol. The summed E-state index contributed by atoms with van der Waals surface area (Å²) in [5, 5.41) is 8.91. The van der Waals surface area contributed by atoms with Crippen molar-refractivity contribution >= 4 is 11.8 Å². The van der Waals surface area contributed by atoms with Crippen LogP contribution >= 0.6 is 11.8 Å². The molecule has 0 unspecified atom stereocenters. The Bertz CT molecular complexity index is 722.